The Morgan fingerprint density at radius 3 is 3.00 bits per heavy atom. The average Bonchev–Trinajstić information content (AvgIpc) is 2.94. The van der Waals surface area contributed by atoms with Gasteiger partial charge in [0.25, 0.3) is 0 Å². The molecule has 0 saturated carbocycles. The summed E-state index contributed by atoms with van der Waals surface area (Å²) in [4.78, 5) is 17.7. The fourth-order valence-electron chi connectivity index (χ4n) is 2.67. The number of carbonyl (C=O) groups is 1. The quantitative estimate of drug-likeness (QED) is 0.925. The first-order valence-electron chi connectivity index (χ1n) is 7.04. The third-order valence-electron chi connectivity index (χ3n) is 3.73. The van der Waals surface area contributed by atoms with Gasteiger partial charge >= 0.3 is 5.97 Å². The van der Waals surface area contributed by atoms with Gasteiger partial charge in [0.15, 0.2) is 5.82 Å². The maximum absolute atomic E-state index is 11.3. The van der Waals surface area contributed by atoms with E-state index in [1.807, 2.05) is 36.1 Å². The molecule has 21 heavy (non-hydrogen) atoms. The van der Waals surface area contributed by atoms with Crippen molar-refractivity contribution in [2.24, 2.45) is 5.92 Å². The Morgan fingerprint density at radius 1 is 1.48 bits per heavy atom. The summed E-state index contributed by atoms with van der Waals surface area (Å²) in [7, 11) is 0. The van der Waals surface area contributed by atoms with Crippen LogP contribution in [0.15, 0.2) is 28.8 Å². The smallest absolute Gasteiger partial charge is 0.308 e. The van der Waals surface area contributed by atoms with Crippen molar-refractivity contribution in [1.82, 2.24) is 10.1 Å². The summed E-state index contributed by atoms with van der Waals surface area (Å²) in [5.74, 6) is 0.0204. The average molecular weight is 287 g/mol. The van der Waals surface area contributed by atoms with Crippen molar-refractivity contribution in [3.05, 3.63) is 41.5 Å². The minimum Gasteiger partial charge on any atom is -0.481 e. The highest BCUT2D eigenvalue weighted by Crippen LogP contribution is 2.30. The number of carboxylic acids is 1. The summed E-state index contributed by atoms with van der Waals surface area (Å²) >= 11 is 0. The molecule has 0 bridgehead atoms. The second-order valence-corrected chi connectivity index (χ2v) is 5.21. The van der Waals surface area contributed by atoms with Crippen LogP contribution in [0.2, 0.25) is 0 Å². The number of hydrogen-bond acceptors (Lipinski definition) is 5. The number of anilines is 1. The lowest BCUT2D eigenvalue weighted by atomic mass is 9.92. The number of aliphatic carboxylic acids is 1. The van der Waals surface area contributed by atoms with Gasteiger partial charge in [-0.15, -0.1) is 0 Å². The van der Waals surface area contributed by atoms with Crippen LogP contribution >= 0.6 is 0 Å². The second kappa shape index (κ2) is 5.55. The molecule has 0 aliphatic carbocycles. The number of benzene rings is 1. The highest BCUT2D eigenvalue weighted by atomic mass is 16.5. The highest BCUT2D eigenvalue weighted by Gasteiger charge is 2.29. The number of nitrogens with zero attached hydrogens (tertiary/aromatic N) is 3. The number of aromatic nitrogens is 2. The molecule has 3 rings (SSSR count). The molecule has 1 atom stereocenters. The Kier molecular flexibility index (Phi) is 3.60. The van der Waals surface area contributed by atoms with Crippen molar-refractivity contribution in [2.45, 2.75) is 26.3 Å². The molecule has 0 spiro atoms. The van der Waals surface area contributed by atoms with Crippen LogP contribution < -0.4 is 4.90 Å². The summed E-state index contributed by atoms with van der Waals surface area (Å²) in [6.07, 6.45) is 1.26. The van der Waals surface area contributed by atoms with E-state index in [4.69, 9.17) is 4.52 Å². The van der Waals surface area contributed by atoms with Crippen LogP contribution in [0.1, 0.15) is 24.2 Å². The van der Waals surface area contributed by atoms with E-state index in [2.05, 4.69) is 10.1 Å². The Morgan fingerprint density at radius 2 is 2.29 bits per heavy atom. The van der Waals surface area contributed by atoms with Gasteiger partial charge in [0.05, 0.1) is 12.5 Å². The van der Waals surface area contributed by atoms with E-state index < -0.39 is 11.9 Å². The lowest BCUT2D eigenvalue weighted by molar-refractivity contribution is -0.141. The zero-order valence-electron chi connectivity index (χ0n) is 11.8. The molecule has 6 heteroatoms. The first kappa shape index (κ1) is 13.6. The first-order chi connectivity index (χ1) is 10.2. The van der Waals surface area contributed by atoms with Crippen LogP contribution in [0.5, 0.6) is 0 Å². The largest absolute Gasteiger partial charge is 0.481 e. The van der Waals surface area contributed by atoms with Crippen LogP contribution in [-0.2, 0) is 24.2 Å². The van der Waals surface area contributed by atoms with Crippen LogP contribution in [-0.4, -0.2) is 27.8 Å². The first-order valence-corrected chi connectivity index (χ1v) is 7.04. The molecule has 0 saturated heterocycles. The molecule has 1 aromatic heterocycles. The lowest BCUT2D eigenvalue weighted by Gasteiger charge is -2.33. The molecule has 2 heterocycles. The minimum atomic E-state index is -0.767. The molecular formula is C15H17N3O3. The van der Waals surface area contributed by atoms with Crippen LogP contribution in [0, 0.1) is 5.92 Å². The Labute approximate surface area is 122 Å². The van der Waals surface area contributed by atoms with Crippen LogP contribution in [0.4, 0.5) is 5.69 Å². The van der Waals surface area contributed by atoms with Crippen LogP contribution in [0.25, 0.3) is 0 Å². The van der Waals surface area contributed by atoms with Gasteiger partial charge in [0.1, 0.15) is 0 Å². The van der Waals surface area contributed by atoms with Crippen molar-refractivity contribution < 1.29 is 14.4 Å². The maximum atomic E-state index is 11.3. The van der Waals surface area contributed by atoms with E-state index in [9.17, 15) is 9.90 Å². The Balaban J connectivity index is 1.87. The van der Waals surface area contributed by atoms with Gasteiger partial charge in [0.2, 0.25) is 5.89 Å². The lowest BCUT2D eigenvalue weighted by Crippen LogP contribution is -2.38. The highest BCUT2D eigenvalue weighted by molar-refractivity contribution is 5.73. The number of para-hydroxylation sites is 1. The topological polar surface area (TPSA) is 79.5 Å². The number of fused-ring (bicyclic) bond motifs is 1. The molecular weight excluding hydrogens is 270 g/mol. The van der Waals surface area contributed by atoms with E-state index in [0.717, 1.165) is 11.3 Å². The standard InChI is InChI=1S/C15H17N3O3/c1-2-14-16-13(17-21-14)9-18-8-11(15(19)20)7-10-5-3-4-6-12(10)18/h3-6,11H,2,7-9H2,1H3,(H,19,20). The number of hydrogen-bond donors (Lipinski definition) is 1. The number of aryl methyl sites for hydroxylation is 1. The maximum Gasteiger partial charge on any atom is 0.308 e. The van der Waals surface area contributed by atoms with E-state index in [-0.39, 0.29) is 0 Å². The van der Waals surface area contributed by atoms with Crippen molar-refractivity contribution in [3.63, 3.8) is 0 Å². The molecule has 0 amide bonds. The van der Waals surface area contributed by atoms with Crippen molar-refractivity contribution in [1.29, 1.82) is 0 Å². The molecule has 0 radical (unpaired) electrons. The van der Waals surface area contributed by atoms with Gasteiger partial charge in [-0.3, -0.25) is 4.79 Å². The van der Waals surface area contributed by atoms with Gasteiger partial charge in [0, 0.05) is 18.7 Å². The van der Waals surface area contributed by atoms with E-state index in [1.165, 1.54) is 0 Å². The zero-order chi connectivity index (χ0) is 14.8. The molecule has 1 aliphatic rings. The second-order valence-electron chi connectivity index (χ2n) is 5.21. The SMILES string of the molecule is CCc1nc(CN2CC(C(=O)O)Cc3ccccc32)no1. The molecule has 2 aromatic rings. The number of carboxylic acid groups (broad SMARTS) is 1. The van der Waals surface area contributed by atoms with Gasteiger partial charge in [-0.1, -0.05) is 30.3 Å². The zero-order valence-corrected chi connectivity index (χ0v) is 11.8. The van der Waals surface area contributed by atoms with E-state index in [0.29, 0.717) is 37.6 Å². The summed E-state index contributed by atoms with van der Waals surface area (Å²) in [5, 5.41) is 13.3. The molecule has 0 fully saturated rings. The molecule has 1 unspecified atom stereocenters. The van der Waals surface area contributed by atoms with E-state index >= 15 is 0 Å². The number of rotatable bonds is 4. The normalized spacial score (nSPS) is 17.6. The van der Waals surface area contributed by atoms with Crippen LogP contribution in [0.3, 0.4) is 0 Å². The minimum absolute atomic E-state index is 0.405. The Bertz CT molecular complexity index is 653. The summed E-state index contributed by atoms with van der Waals surface area (Å²) in [5.41, 5.74) is 2.10. The predicted octanol–water partition coefficient (Wildman–Crippen LogP) is 1.90. The molecule has 1 N–H and O–H groups in total. The fraction of sp³-hybridized carbons (Fsp3) is 0.400. The van der Waals surface area contributed by atoms with Gasteiger partial charge < -0.3 is 14.5 Å². The molecule has 1 aliphatic heterocycles. The van der Waals surface area contributed by atoms with Crippen molar-refractivity contribution >= 4 is 11.7 Å². The Hall–Kier alpha value is -2.37. The monoisotopic (exact) mass is 287 g/mol. The van der Waals surface area contributed by atoms with Gasteiger partial charge in [-0.05, 0) is 18.1 Å². The summed E-state index contributed by atoms with van der Waals surface area (Å²) in [6.45, 7) is 2.88. The summed E-state index contributed by atoms with van der Waals surface area (Å²) < 4.78 is 5.11. The molecule has 1 aromatic carbocycles. The van der Waals surface area contributed by atoms with Crippen molar-refractivity contribution in [2.75, 3.05) is 11.4 Å². The van der Waals surface area contributed by atoms with Crippen molar-refractivity contribution in [3.8, 4) is 0 Å². The summed E-state index contributed by atoms with van der Waals surface area (Å²) in [6, 6.07) is 7.88. The molecule has 6 nitrogen and oxygen atoms in total. The molecule has 110 valence electrons. The third kappa shape index (κ3) is 2.74. The fourth-order valence-corrected chi connectivity index (χ4v) is 2.67. The van der Waals surface area contributed by atoms with Gasteiger partial charge in [-0.25, -0.2) is 0 Å². The predicted molar refractivity (Wildman–Crippen MR) is 76.0 cm³/mol. The third-order valence-corrected chi connectivity index (χ3v) is 3.73. The van der Waals surface area contributed by atoms with E-state index in [1.54, 1.807) is 0 Å². The van der Waals surface area contributed by atoms with Gasteiger partial charge in [-0.2, -0.15) is 4.98 Å².